The first-order valence-corrected chi connectivity index (χ1v) is 14.7. The maximum atomic E-state index is 11.8. The van der Waals surface area contributed by atoms with Crippen LogP contribution in [0.15, 0.2) is 12.2 Å². The third-order valence-corrected chi connectivity index (χ3v) is 13.1. The summed E-state index contributed by atoms with van der Waals surface area (Å²) < 4.78 is 5.89. The Morgan fingerprint density at radius 2 is 1.63 bits per heavy atom. The molecule has 0 saturated heterocycles. The molecule has 0 amide bonds. The molecule has 5 saturated carbocycles. The van der Waals surface area contributed by atoms with Crippen LogP contribution in [0.4, 0.5) is 0 Å². The Bertz CT molecular complexity index is 897. The fraction of sp³-hybridized carbons (Fsp3) is 0.906. The highest BCUT2D eigenvalue weighted by Gasteiger charge is 2.82. The Hall–Kier alpha value is -0.830. The van der Waals surface area contributed by atoms with Gasteiger partial charge in [-0.05, 0) is 123 Å². The van der Waals surface area contributed by atoms with E-state index in [4.69, 9.17) is 4.74 Å². The largest absolute Gasteiger partial charge is 0.462 e. The summed E-state index contributed by atoms with van der Waals surface area (Å²) in [5.41, 5.74) is 1.27. The lowest BCUT2D eigenvalue weighted by atomic mass is 9.41. The van der Waals surface area contributed by atoms with Gasteiger partial charge in [-0.25, -0.2) is 0 Å². The molecule has 35 heavy (non-hydrogen) atoms. The molecule has 1 N–H and O–H groups in total. The van der Waals surface area contributed by atoms with Gasteiger partial charge in [-0.3, -0.25) is 4.79 Å². The lowest BCUT2D eigenvalue weighted by molar-refractivity contribution is -0.181. The lowest BCUT2D eigenvalue weighted by Gasteiger charge is -2.63. The molecular formula is C32H52O3. The first-order valence-electron chi connectivity index (χ1n) is 14.7. The summed E-state index contributed by atoms with van der Waals surface area (Å²) >= 11 is 0. The van der Waals surface area contributed by atoms with Crippen molar-refractivity contribution in [2.75, 3.05) is 0 Å². The van der Waals surface area contributed by atoms with E-state index in [9.17, 15) is 9.90 Å². The SMILES string of the molecule is CC(=O)O[C@H]1CC[C@]23C[C@]24CC[C@]2(C)[C@@H]([C@H](C)C/C=C/C(C)(C)O)CC[C@@]2(C)[C@@H]4CC[C@H]3C1(C)C. The zero-order valence-electron chi connectivity index (χ0n) is 23.9. The maximum absolute atomic E-state index is 11.8. The number of ether oxygens (including phenoxy) is 1. The van der Waals surface area contributed by atoms with Crippen LogP contribution in [0.25, 0.3) is 0 Å². The van der Waals surface area contributed by atoms with Gasteiger partial charge in [0.25, 0.3) is 0 Å². The molecule has 3 heteroatoms. The normalized spacial score (nSPS) is 48.9. The second-order valence-corrected chi connectivity index (χ2v) is 15.4. The van der Waals surface area contributed by atoms with E-state index in [1.165, 1.54) is 51.4 Å². The summed E-state index contributed by atoms with van der Waals surface area (Å²) in [6, 6.07) is 0. The van der Waals surface area contributed by atoms with Crippen LogP contribution in [-0.4, -0.2) is 22.8 Å². The quantitative estimate of drug-likeness (QED) is 0.321. The van der Waals surface area contributed by atoms with Crippen molar-refractivity contribution >= 4 is 5.97 Å². The summed E-state index contributed by atoms with van der Waals surface area (Å²) in [6.07, 6.45) is 17.4. The number of carbonyl (C=O) groups excluding carboxylic acids is 1. The molecule has 198 valence electrons. The van der Waals surface area contributed by atoms with Gasteiger partial charge >= 0.3 is 5.97 Å². The molecule has 5 aliphatic rings. The van der Waals surface area contributed by atoms with E-state index < -0.39 is 5.60 Å². The van der Waals surface area contributed by atoms with Crippen LogP contribution >= 0.6 is 0 Å². The third-order valence-electron chi connectivity index (χ3n) is 13.1. The summed E-state index contributed by atoms with van der Waals surface area (Å²) in [5, 5.41) is 10.1. The van der Waals surface area contributed by atoms with Gasteiger partial charge in [-0.15, -0.1) is 0 Å². The molecule has 5 rings (SSSR count). The molecule has 0 aromatic heterocycles. The second-order valence-electron chi connectivity index (χ2n) is 15.4. The molecule has 3 nitrogen and oxygen atoms in total. The summed E-state index contributed by atoms with van der Waals surface area (Å²) in [5.74, 6) is 2.88. The van der Waals surface area contributed by atoms with E-state index in [-0.39, 0.29) is 17.5 Å². The van der Waals surface area contributed by atoms with E-state index in [0.717, 1.165) is 24.7 Å². The summed E-state index contributed by atoms with van der Waals surface area (Å²) in [6.45, 7) is 17.9. The molecule has 0 unspecified atom stereocenters. The number of carbonyl (C=O) groups is 1. The van der Waals surface area contributed by atoms with Crippen molar-refractivity contribution in [1.29, 1.82) is 0 Å². The lowest BCUT2D eigenvalue weighted by Crippen LogP contribution is -2.58. The molecule has 5 fully saturated rings. The van der Waals surface area contributed by atoms with E-state index in [1.54, 1.807) is 6.92 Å². The van der Waals surface area contributed by atoms with Gasteiger partial charge in [0, 0.05) is 12.3 Å². The van der Waals surface area contributed by atoms with Gasteiger partial charge in [-0.2, -0.15) is 0 Å². The fourth-order valence-corrected chi connectivity index (χ4v) is 11.4. The van der Waals surface area contributed by atoms with Crippen molar-refractivity contribution in [2.24, 2.45) is 50.7 Å². The van der Waals surface area contributed by atoms with Gasteiger partial charge in [-0.1, -0.05) is 46.8 Å². The van der Waals surface area contributed by atoms with E-state index in [1.807, 2.05) is 19.9 Å². The fourth-order valence-electron chi connectivity index (χ4n) is 11.4. The van der Waals surface area contributed by atoms with Crippen molar-refractivity contribution in [3.05, 3.63) is 12.2 Å². The molecule has 0 bridgehead atoms. The first kappa shape index (κ1) is 25.8. The topological polar surface area (TPSA) is 46.5 Å². The Morgan fingerprint density at radius 1 is 0.971 bits per heavy atom. The zero-order chi connectivity index (χ0) is 25.7. The highest BCUT2D eigenvalue weighted by Crippen LogP contribution is 2.89. The van der Waals surface area contributed by atoms with Gasteiger partial charge in [0.05, 0.1) is 5.60 Å². The second kappa shape index (κ2) is 7.84. The van der Waals surface area contributed by atoms with Crippen LogP contribution in [-0.2, 0) is 9.53 Å². The van der Waals surface area contributed by atoms with Crippen LogP contribution in [0.3, 0.4) is 0 Å². The highest BCUT2D eigenvalue weighted by atomic mass is 16.5. The van der Waals surface area contributed by atoms with Crippen LogP contribution in [0.5, 0.6) is 0 Å². The number of allylic oxidation sites excluding steroid dienone is 1. The molecule has 2 spiro atoms. The maximum Gasteiger partial charge on any atom is 0.302 e. The minimum atomic E-state index is -0.716. The Morgan fingerprint density at radius 3 is 2.29 bits per heavy atom. The summed E-state index contributed by atoms with van der Waals surface area (Å²) in [4.78, 5) is 11.8. The van der Waals surface area contributed by atoms with Crippen molar-refractivity contribution in [2.45, 2.75) is 131 Å². The zero-order valence-corrected chi connectivity index (χ0v) is 23.9. The van der Waals surface area contributed by atoms with Gasteiger partial charge in [0.2, 0.25) is 0 Å². The van der Waals surface area contributed by atoms with Crippen LogP contribution < -0.4 is 0 Å². The Kier molecular flexibility index (Phi) is 5.78. The van der Waals surface area contributed by atoms with Crippen LogP contribution in [0.1, 0.15) is 120 Å². The third kappa shape index (κ3) is 3.48. The van der Waals surface area contributed by atoms with Crippen LogP contribution in [0, 0.1) is 50.7 Å². The van der Waals surface area contributed by atoms with E-state index >= 15 is 0 Å². The molecule has 0 aromatic carbocycles. The average Bonchev–Trinajstić information content (AvgIpc) is 3.31. The Labute approximate surface area is 214 Å². The van der Waals surface area contributed by atoms with Gasteiger partial charge in [0.1, 0.15) is 6.10 Å². The van der Waals surface area contributed by atoms with Crippen LogP contribution in [0.2, 0.25) is 0 Å². The molecule has 9 atom stereocenters. The molecule has 0 aliphatic heterocycles. The Balaban J connectivity index is 1.38. The minimum Gasteiger partial charge on any atom is -0.462 e. The van der Waals surface area contributed by atoms with Gasteiger partial charge < -0.3 is 9.84 Å². The monoisotopic (exact) mass is 484 g/mol. The molecule has 5 aliphatic carbocycles. The average molecular weight is 485 g/mol. The molecule has 0 aromatic rings. The van der Waals surface area contributed by atoms with Crippen molar-refractivity contribution in [3.63, 3.8) is 0 Å². The molecular weight excluding hydrogens is 432 g/mol. The predicted molar refractivity (Wildman–Crippen MR) is 142 cm³/mol. The van der Waals surface area contributed by atoms with E-state index in [0.29, 0.717) is 33.5 Å². The number of fused-ring (bicyclic) bond motifs is 2. The highest BCUT2D eigenvalue weighted by molar-refractivity contribution is 5.66. The van der Waals surface area contributed by atoms with Gasteiger partial charge in [0.15, 0.2) is 0 Å². The standard InChI is InChI=1S/C32H52O3/c1-21(10-9-15-27(3,4)34)23-13-16-30(8)25-12-11-24-28(5,6)26(35-22(2)33)14-17-31(24)20-32(25,31)19-18-29(23,30)7/h9,15,21,23-26,34H,10-14,16-20H2,1-8H3/b15-9+/t21-,23-,24+,25+,26+,29-,30+,31-,32+/m1/s1. The van der Waals surface area contributed by atoms with Crippen molar-refractivity contribution < 1.29 is 14.6 Å². The minimum absolute atomic E-state index is 0.0829. The van der Waals surface area contributed by atoms with Crippen molar-refractivity contribution in [1.82, 2.24) is 0 Å². The van der Waals surface area contributed by atoms with E-state index in [2.05, 4.69) is 40.7 Å². The number of hydrogen-bond acceptors (Lipinski definition) is 3. The smallest absolute Gasteiger partial charge is 0.302 e. The molecule has 0 radical (unpaired) electrons. The number of esters is 1. The molecule has 0 heterocycles. The first-order chi connectivity index (χ1) is 16.1. The number of aliphatic hydroxyl groups is 1. The predicted octanol–water partition coefficient (Wildman–Crippen LogP) is 7.71. The van der Waals surface area contributed by atoms with Crippen molar-refractivity contribution in [3.8, 4) is 0 Å². The summed E-state index contributed by atoms with van der Waals surface area (Å²) in [7, 11) is 0. The number of rotatable bonds is 5. The number of hydrogen-bond donors (Lipinski definition) is 1.